The number of allylic oxidation sites excluding steroid dienone is 1. The molecule has 0 saturated carbocycles. The predicted molar refractivity (Wildman–Crippen MR) is 128 cm³/mol. The molecule has 1 aromatic heterocycles. The number of ether oxygens (including phenoxy) is 1. The van der Waals surface area contributed by atoms with Gasteiger partial charge in [-0.1, -0.05) is 60.7 Å². The lowest BCUT2D eigenvalue weighted by Crippen LogP contribution is -2.31. The van der Waals surface area contributed by atoms with Gasteiger partial charge in [0, 0.05) is 16.9 Å². The van der Waals surface area contributed by atoms with Gasteiger partial charge in [0.2, 0.25) is 5.95 Å². The topological polar surface area (TPSA) is 81.1 Å². The summed E-state index contributed by atoms with van der Waals surface area (Å²) >= 11 is 0. The second-order valence-electron chi connectivity index (χ2n) is 7.73. The van der Waals surface area contributed by atoms with E-state index in [0.29, 0.717) is 23.1 Å². The van der Waals surface area contributed by atoms with E-state index in [4.69, 9.17) is 14.8 Å². The lowest BCUT2D eigenvalue weighted by molar-refractivity contribution is -0.113. The number of nitrogens with one attached hydrogen (secondary N) is 2. The fourth-order valence-corrected chi connectivity index (χ4v) is 3.99. The zero-order chi connectivity index (χ0) is 22.8. The smallest absolute Gasteiger partial charge is 0.255 e. The molecule has 0 fully saturated rings. The van der Waals surface area contributed by atoms with Crippen LogP contribution in [0.2, 0.25) is 0 Å². The van der Waals surface area contributed by atoms with Crippen LogP contribution in [0.25, 0.3) is 11.4 Å². The summed E-state index contributed by atoms with van der Waals surface area (Å²) in [6.45, 7) is 1.88. The number of hydrogen-bond acceptors (Lipinski definition) is 5. The van der Waals surface area contributed by atoms with Gasteiger partial charge in [0.15, 0.2) is 5.82 Å². The monoisotopic (exact) mass is 437 g/mol. The van der Waals surface area contributed by atoms with Crippen LogP contribution in [-0.2, 0) is 4.79 Å². The highest BCUT2D eigenvalue weighted by atomic mass is 16.5. The molecule has 5 rings (SSSR count). The number of nitrogens with zero attached hydrogens (tertiary/aromatic N) is 3. The zero-order valence-corrected chi connectivity index (χ0v) is 18.3. The van der Waals surface area contributed by atoms with Gasteiger partial charge in [-0.3, -0.25) is 4.79 Å². The minimum absolute atomic E-state index is 0.207. The largest absolute Gasteiger partial charge is 0.497 e. The molecular weight excluding hydrogens is 414 g/mol. The van der Waals surface area contributed by atoms with Crippen molar-refractivity contribution in [3.63, 3.8) is 0 Å². The highest BCUT2D eigenvalue weighted by Gasteiger charge is 2.34. The van der Waals surface area contributed by atoms with Crippen molar-refractivity contribution in [2.24, 2.45) is 0 Å². The van der Waals surface area contributed by atoms with Crippen molar-refractivity contribution in [3.8, 4) is 17.1 Å². The Bertz CT molecular complexity index is 1330. The first-order valence-corrected chi connectivity index (χ1v) is 10.6. The standard InChI is InChI=1S/C26H23N5O2/c1-17-22(25(32)28-20-13-7-4-8-14-20)23(19-12-9-15-21(16-19)33-2)31-26(27-17)29-24(30-31)18-10-5-3-6-11-18/h3-16,23H,1-2H3,(H,28,32)(H,27,29,30)/t23-/m0/s1. The number of anilines is 2. The summed E-state index contributed by atoms with van der Waals surface area (Å²) in [6, 6.07) is 26.4. The number of methoxy groups -OCH3 is 1. The number of amides is 1. The number of carbonyl (C=O) groups is 1. The molecule has 0 aliphatic carbocycles. The Hall–Kier alpha value is -4.39. The zero-order valence-electron chi connectivity index (χ0n) is 18.3. The minimum atomic E-state index is -0.481. The number of para-hydroxylation sites is 1. The van der Waals surface area contributed by atoms with Gasteiger partial charge in [-0.2, -0.15) is 4.98 Å². The predicted octanol–water partition coefficient (Wildman–Crippen LogP) is 4.88. The molecule has 2 N–H and O–H groups in total. The van der Waals surface area contributed by atoms with Crippen LogP contribution in [-0.4, -0.2) is 27.8 Å². The Balaban J connectivity index is 1.62. The summed E-state index contributed by atoms with van der Waals surface area (Å²) < 4.78 is 7.22. The fraction of sp³-hybridized carbons (Fsp3) is 0.115. The number of carbonyl (C=O) groups excluding carboxylic acids is 1. The van der Waals surface area contributed by atoms with Crippen LogP contribution in [0.4, 0.5) is 11.6 Å². The Morgan fingerprint density at radius 1 is 1.00 bits per heavy atom. The molecule has 0 unspecified atom stereocenters. The molecule has 2 heterocycles. The molecule has 7 nitrogen and oxygen atoms in total. The second kappa shape index (κ2) is 8.63. The molecule has 4 aromatic rings. The first kappa shape index (κ1) is 20.5. The van der Waals surface area contributed by atoms with Crippen molar-refractivity contribution >= 4 is 17.5 Å². The van der Waals surface area contributed by atoms with Gasteiger partial charge in [0.1, 0.15) is 11.8 Å². The molecule has 0 spiro atoms. The number of aromatic nitrogens is 3. The highest BCUT2D eigenvalue weighted by molar-refractivity contribution is 6.06. The second-order valence-corrected chi connectivity index (χ2v) is 7.73. The van der Waals surface area contributed by atoms with Crippen molar-refractivity contribution in [1.82, 2.24) is 14.8 Å². The van der Waals surface area contributed by atoms with Crippen LogP contribution in [0.5, 0.6) is 5.75 Å². The third-order valence-corrected chi connectivity index (χ3v) is 5.57. The van der Waals surface area contributed by atoms with Crippen molar-refractivity contribution in [2.75, 3.05) is 17.7 Å². The van der Waals surface area contributed by atoms with Crippen LogP contribution < -0.4 is 15.4 Å². The molecule has 1 aliphatic rings. The van der Waals surface area contributed by atoms with Gasteiger partial charge in [-0.05, 0) is 36.8 Å². The molecule has 0 saturated heterocycles. The van der Waals surface area contributed by atoms with E-state index in [2.05, 4.69) is 10.6 Å². The SMILES string of the molecule is COc1cccc([C@H]2C(C(=O)Nc3ccccc3)=C(C)Nc3nc(-c4ccccc4)nn32)c1. The minimum Gasteiger partial charge on any atom is -0.497 e. The van der Waals surface area contributed by atoms with E-state index in [9.17, 15) is 4.79 Å². The van der Waals surface area contributed by atoms with E-state index in [1.165, 1.54) is 0 Å². The number of fused-ring (bicyclic) bond motifs is 1. The molecular formula is C26H23N5O2. The summed E-state index contributed by atoms with van der Waals surface area (Å²) in [7, 11) is 1.63. The average molecular weight is 438 g/mol. The van der Waals surface area contributed by atoms with Crippen molar-refractivity contribution in [1.29, 1.82) is 0 Å². The van der Waals surface area contributed by atoms with Gasteiger partial charge in [0.25, 0.3) is 5.91 Å². The van der Waals surface area contributed by atoms with E-state index in [0.717, 1.165) is 22.5 Å². The summed E-state index contributed by atoms with van der Waals surface area (Å²) in [5.74, 6) is 1.66. The van der Waals surface area contributed by atoms with Gasteiger partial charge in [0.05, 0.1) is 12.7 Å². The third kappa shape index (κ3) is 3.96. The number of hydrogen-bond donors (Lipinski definition) is 2. The van der Waals surface area contributed by atoms with Gasteiger partial charge < -0.3 is 15.4 Å². The maximum absolute atomic E-state index is 13.5. The summed E-state index contributed by atoms with van der Waals surface area (Å²) in [4.78, 5) is 18.2. The van der Waals surface area contributed by atoms with Crippen molar-refractivity contribution in [3.05, 3.63) is 102 Å². The van der Waals surface area contributed by atoms with E-state index in [1.807, 2.05) is 91.9 Å². The molecule has 0 radical (unpaired) electrons. The average Bonchev–Trinajstić information content (AvgIpc) is 3.28. The number of rotatable bonds is 5. The molecule has 1 amide bonds. The van der Waals surface area contributed by atoms with Gasteiger partial charge >= 0.3 is 0 Å². The normalized spacial score (nSPS) is 14.9. The van der Waals surface area contributed by atoms with E-state index < -0.39 is 6.04 Å². The van der Waals surface area contributed by atoms with Crippen molar-refractivity contribution in [2.45, 2.75) is 13.0 Å². The van der Waals surface area contributed by atoms with Gasteiger partial charge in [-0.25, -0.2) is 4.68 Å². The van der Waals surface area contributed by atoms with Crippen LogP contribution in [0.15, 0.2) is 96.2 Å². The van der Waals surface area contributed by atoms with E-state index in [1.54, 1.807) is 11.8 Å². The Kier molecular flexibility index (Phi) is 5.36. The quantitative estimate of drug-likeness (QED) is 0.465. The first-order valence-electron chi connectivity index (χ1n) is 10.6. The molecule has 1 atom stereocenters. The summed E-state index contributed by atoms with van der Waals surface area (Å²) in [5, 5.41) is 11.1. The maximum atomic E-state index is 13.5. The fourth-order valence-electron chi connectivity index (χ4n) is 3.99. The molecule has 1 aliphatic heterocycles. The molecule has 33 heavy (non-hydrogen) atoms. The van der Waals surface area contributed by atoms with Crippen LogP contribution in [0, 0.1) is 0 Å². The molecule has 0 bridgehead atoms. The number of benzene rings is 3. The molecule has 7 heteroatoms. The van der Waals surface area contributed by atoms with E-state index >= 15 is 0 Å². The summed E-state index contributed by atoms with van der Waals surface area (Å²) in [5.41, 5.74) is 3.78. The Morgan fingerprint density at radius 3 is 2.45 bits per heavy atom. The molecule has 164 valence electrons. The maximum Gasteiger partial charge on any atom is 0.255 e. The Labute approximate surface area is 191 Å². The lowest BCUT2D eigenvalue weighted by atomic mass is 9.95. The molecule has 3 aromatic carbocycles. The third-order valence-electron chi connectivity index (χ3n) is 5.57. The summed E-state index contributed by atoms with van der Waals surface area (Å²) in [6.07, 6.45) is 0. The van der Waals surface area contributed by atoms with Crippen LogP contribution in [0.3, 0.4) is 0 Å². The van der Waals surface area contributed by atoms with Crippen LogP contribution >= 0.6 is 0 Å². The lowest BCUT2D eigenvalue weighted by Gasteiger charge is -2.28. The Morgan fingerprint density at radius 2 is 1.73 bits per heavy atom. The van der Waals surface area contributed by atoms with E-state index in [-0.39, 0.29) is 5.91 Å². The van der Waals surface area contributed by atoms with Crippen molar-refractivity contribution < 1.29 is 9.53 Å². The first-order chi connectivity index (χ1) is 16.1. The van der Waals surface area contributed by atoms with Gasteiger partial charge in [-0.15, -0.1) is 5.10 Å². The highest BCUT2D eigenvalue weighted by Crippen LogP contribution is 2.37. The van der Waals surface area contributed by atoms with Crippen LogP contribution in [0.1, 0.15) is 18.5 Å².